The Bertz CT molecular complexity index is 649. The smallest absolute Gasteiger partial charge is 0.194 e. The summed E-state index contributed by atoms with van der Waals surface area (Å²) in [4.78, 5) is 10.7. The van der Waals surface area contributed by atoms with Gasteiger partial charge in [0.25, 0.3) is 0 Å². The Morgan fingerprint density at radius 1 is 1.50 bits per heavy atom. The van der Waals surface area contributed by atoms with Crippen molar-refractivity contribution in [3.05, 3.63) is 12.2 Å². The highest BCUT2D eigenvalue weighted by atomic mass is 32.2. The predicted octanol–water partition coefficient (Wildman–Crippen LogP) is -0.210. The van der Waals surface area contributed by atoms with E-state index in [0.717, 1.165) is 12.4 Å². The number of aromatic nitrogens is 3. The molecule has 0 amide bonds. The molecule has 2 rings (SSSR count). The van der Waals surface area contributed by atoms with Crippen molar-refractivity contribution in [3.63, 3.8) is 0 Å². The molecule has 1 aliphatic rings. The van der Waals surface area contributed by atoms with E-state index >= 15 is 0 Å². The number of sulfone groups is 1. The van der Waals surface area contributed by atoms with E-state index in [1.54, 1.807) is 18.5 Å². The van der Waals surface area contributed by atoms with Crippen molar-refractivity contribution in [2.75, 3.05) is 25.4 Å². The lowest BCUT2D eigenvalue weighted by Crippen LogP contribution is -2.57. The molecule has 2 heterocycles. The van der Waals surface area contributed by atoms with Crippen LogP contribution in [0.5, 0.6) is 0 Å². The van der Waals surface area contributed by atoms with Crippen LogP contribution in [0.4, 0.5) is 0 Å². The number of nitrogens with zero attached hydrogens (tertiary/aromatic N) is 5. The van der Waals surface area contributed by atoms with E-state index in [1.165, 1.54) is 6.33 Å². The summed E-state index contributed by atoms with van der Waals surface area (Å²) in [5.74, 6) is 1.63. The van der Waals surface area contributed by atoms with Crippen LogP contribution in [0.15, 0.2) is 11.3 Å². The van der Waals surface area contributed by atoms with Gasteiger partial charge in [-0.3, -0.25) is 4.68 Å². The summed E-state index contributed by atoms with van der Waals surface area (Å²) >= 11 is 0. The van der Waals surface area contributed by atoms with Crippen molar-refractivity contribution in [1.82, 2.24) is 25.0 Å². The molecule has 1 saturated heterocycles. The SMILES string of the molecule is CCNC(=NCc1ncnn1C)N1CCS(=O)(=O)C(C)(C)C1. The van der Waals surface area contributed by atoms with Crippen LogP contribution < -0.4 is 5.32 Å². The fraction of sp³-hybridized carbons (Fsp3) is 0.769. The molecule has 0 atom stereocenters. The number of hydrogen-bond acceptors (Lipinski definition) is 5. The molecule has 1 aliphatic heterocycles. The second kappa shape index (κ2) is 6.23. The van der Waals surface area contributed by atoms with Gasteiger partial charge < -0.3 is 10.2 Å². The van der Waals surface area contributed by atoms with Gasteiger partial charge in [-0.1, -0.05) is 0 Å². The Kier molecular flexibility index (Phi) is 4.74. The molecule has 0 spiro atoms. The average Bonchev–Trinajstić information content (AvgIpc) is 2.83. The van der Waals surface area contributed by atoms with Crippen molar-refractivity contribution >= 4 is 15.8 Å². The Labute approximate surface area is 131 Å². The lowest BCUT2D eigenvalue weighted by atomic mass is 10.2. The third-order valence-electron chi connectivity index (χ3n) is 3.85. The minimum atomic E-state index is -3.06. The van der Waals surface area contributed by atoms with Gasteiger partial charge in [0.05, 0.1) is 10.5 Å². The molecule has 0 radical (unpaired) electrons. The molecular formula is C13H24N6O2S. The van der Waals surface area contributed by atoms with Gasteiger partial charge >= 0.3 is 0 Å². The summed E-state index contributed by atoms with van der Waals surface area (Å²) in [6.07, 6.45) is 1.49. The van der Waals surface area contributed by atoms with Crippen LogP contribution in [0.25, 0.3) is 0 Å². The monoisotopic (exact) mass is 328 g/mol. The summed E-state index contributed by atoms with van der Waals surface area (Å²) < 4.78 is 25.1. The minimum Gasteiger partial charge on any atom is -0.357 e. The first-order chi connectivity index (χ1) is 10.3. The molecule has 0 bridgehead atoms. The number of aryl methyl sites for hydroxylation is 1. The van der Waals surface area contributed by atoms with Gasteiger partial charge in [0, 0.05) is 26.7 Å². The summed E-state index contributed by atoms with van der Waals surface area (Å²) in [5, 5.41) is 7.24. The second-order valence-electron chi connectivity index (χ2n) is 5.97. The maximum absolute atomic E-state index is 12.1. The van der Waals surface area contributed by atoms with Crippen molar-refractivity contribution < 1.29 is 8.42 Å². The fourth-order valence-electron chi connectivity index (χ4n) is 2.36. The van der Waals surface area contributed by atoms with Crippen LogP contribution >= 0.6 is 0 Å². The molecule has 0 aliphatic carbocycles. The highest BCUT2D eigenvalue weighted by molar-refractivity contribution is 7.92. The van der Waals surface area contributed by atoms with Gasteiger partial charge in [0.15, 0.2) is 15.8 Å². The van der Waals surface area contributed by atoms with Crippen LogP contribution in [-0.2, 0) is 23.4 Å². The first-order valence-corrected chi connectivity index (χ1v) is 9.00. The standard InChI is InChI=1S/C13H24N6O2S/c1-5-14-12(15-8-11-16-10-17-18(11)4)19-6-7-22(20,21)13(2,3)9-19/h10H,5-9H2,1-4H3,(H,14,15). The number of hydrogen-bond donors (Lipinski definition) is 1. The van der Waals surface area contributed by atoms with Crippen LogP contribution in [0.2, 0.25) is 0 Å². The minimum absolute atomic E-state index is 0.147. The van der Waals surface area contributed by atoms with Crippen molar-refractivity contribution in [3.8, 4) is 0 Å². The van der Waals surface area contributed by atoms with Crippen LogP contribution in [0.3, 0.4) is 0 Å². The molecule has 1 aromatic heterocycles. The summed E-state index contributed by atoms with van der Waals surface area (Å²) in [7, 11) is -1.24. The third kappa shape index (κ3) is 3.40. The first-order valence-electron chi connectivity index (χ1n) is 7.35. The van der Waals surface area contributed by atoms with Crippen LogP contribution in [-0.4, -0.2) is 64.2 Å². The second-order valence-corrected chi connectivity index (χ2v) is 8.71. The third-order valence-corrected chi connectivity index (χ3v) is 6.39. The van der Waals surface area contributed by atoms with Crippen LogP contribution in [0.1, 0.15) is 26.6 Å². The molecule has 1 fully saturated rings. The van der Waals surface area contributed by atoms with E-state index in [2.05, 4.69) is 20.4 Å². The van der Waals surface area contributed by atoms with E-state index in [0.29, 0.717) is 25.6 Å². The highest BCUT2D eigenvalue weighted by Gasteiger charge is 2.40. The molecule has 1 aromatic rings. The molecule has 22 heavy (non-hydrogen) atoms. The lowest BCUT2D eigenvalue weighted by molar-refractivity contribution is 0.353. The molecule has 0 saturated carbocycles. The zero-order valence-corrected chi connectivity index (χ0v) is 14.4. The van der Waals surface area contributed by atoms with Gasteiger partial charge in [-0.25, -0.2) is 18.4 Å². The molecule has 124 valence electrons. The zero-order valence-electron chi connectivity index (χ0n) is 13.6. The molecular weight excluding hydrogens is 304 g/mol. The molecule has 0 aromatic carbocycles. The topological polar surface area (TPSA) is 92.5 Å². The first kappa shape index (κ1) is 16.7. The van der Waals surface area contributed by atoms with E-state index in [1.807, 2.05) is 18.9 Å². The van der Waals surface area contributed by atoms with Gasteiger partial charge in [0.2, 0.25) is 0 Å². The summed E-state index contributed by atoms with van der Waals surface area (Å²) in [6, 6.07) is 0. The molecule has 9 heteroatoms. The Hall–Kier alpha value is -1.64. The zero-order chi connectivity index (χ0) is 16.4. The largest absolute Gasteiger partial charge is 0.357 e. The van der Waals surface area contributed by atoms with Crippen molar-refractivity contribution in [2.24, 2.45) is 12.0 Å². The quantitative estimate of drug-likeness (QED) is 0.610. The van der Waals surface area contributed by atoms with Crippen LogP contribution in [0, 0.1) is 0 Å². The number of nitrogens with one attached hydrogen (secondary N) is 1. The Balaban J connectivity index is 2.16. The maximum Gasteiger partial charge on any atom is 0.194 e. The van der Waals surface area contributed by atoms with E-state index in [9.17, 15) is 8.42 Å². The molecule has 0 unspecified atom stereocenters. The van der Waals surface area contributed by atoms with Gasteiger partial charge in [-0.05, 0) is 20.8 Å². The Morgan fingerprint density at radius 3 is 2.77 bits per heavy atom. The van der Waals surface area contributed by atoms with Gasteiger partial charge in [-0.2, -0.15) is 5.10 Å². The normalized spacial score (nSPS) is 20.9. The predicted molar refractivity (Wildman–Crippen MR) is 85.3 cm³/mol. The average molecular weight is 328 g/mol. The number of aliphatic imine (C=N–C) groups is 1. The molecule has 1 N–H and O–H groups in total. The maximum atomic E-state index is 12.1. The van der Waals surface area contributed by atoms with Gasteiger partial charge in [-0.15, -0.1) is 0 Å². The summed E-state index contributed by atoms with van der Waals surface area (Å²) in [6.45, 7) is 7.53. The van der Waals surface area contributed by atoms with E-state index in [-0.39, 0.29) is 5.75 Å². The van der Waals surface area contributed by atoms with E-state index in [4.69, 9.17) is 0 Å². The van der Waals surface area contributed by atoms with Crippen molar-refractivity contribution in [2.45, 2.75) is 32.1 Å². The number of rotatable bonds is 3. The molecule has 8 nitrogen and oxygen atoms in total. The summed E-state index contributed by atoms with van der Waals surface area (Å²) in [5.41, 5.74) is 0. The highest BCUT2D eigenvalue weighted by Crippen LogP contribution is 2.23. The van der Waals surface area contributed by atoms with Crippen molar-refractivity contribution in [1.29, 1.82) is 0 Å². The number of guanidine groups is 1. The Morgan fingerprint density at radius 2 is 2.23 bits per heavy atom. The van der Waals surface area contributed by atoms with E-state index < -0.39 is 14.6 Å². The fourth-order valence-corrected chi connectivity index (χ4v) is 3.73. The van der Waals surface area contributed by atoms with Gasteiger partial charge in [0.1, 0.15) is 18.7 Å². The lowest BCUT2D eigenvalue weighted by Gasteiger charge is -2.39.